The first-order valence-electron chi connectivity index (χ1n) is 6.21. The molecule has 0 aliphatic carbocycles. The maximum atomic E-state index is 13.0. The minimum absolute atomic E-state index is 0.209. The molecule has 1 N–H and O–H groups in total. The maximum absolute atomic E-state index is 13.0. The van der Waals surface area contributed by atoms with Gasteiger partial charge < -0.3 is 4.74 Å². The minimum Gasteiger partial charge on any atom is -0.453 e. The highest BCUT2D eigenvalue weighted by atomic mass is 32.1. The number of nitrogens with one attached hydrogen (secondary N) is 1. The van der Waals surface area contributed by atoms with E-state index in [4.69, 9.17) is 0 Å². The third-order valence-corrected chi connectivity index (χ3v) is 3.90. The van der Waals surface area contributed by atoms with Crippen LogP contribution in [0.1, 0.15) is 0 Å². The summed E-state index contributed by atoms with van der Waals surface area (Å²) in [5.41, 5.74) is 0.0469. The SMILES string of the molecule is COC(=O)Nc1nn(-c2ccc(F)cc2)c(=O)c2ccsc12. The molecule has 0 unspecified atom stereocenters. The Morgan fingerprint density at radius 2 is 2.05 bits per heavy atom. The summed E-state index contributed by atoms with van der Waals surface area (Å²) in [7, 11) is 1.23. The van der Waals surface area contributed by atoms with Gasteiger partial charge in [-0.25, -0.2) is 9.18 Å². The van der Waals surface area contributed by atoms with E-state index < -0.39 is 11.9 Å². The van der Waals surface area contributed by atoms with Gasteiger partial charge in [0.25, 0.3) is 5.56 Å². The molecule has 0 spiro atoms. The van der Waals surface area contributed by atoms with E-state index in [9.17, 15) is 14.0 Å². The predicted molar refractivity (Wildman–Crippen MR) is 81.2 cm³/mol. The van der Waals surface area contributed by atoms with Crippen molar-refractivity contribution in [2.24, 2.45) is 0 Å². The smallest absolute Gasteiger partial charge is 0.412 e. The van der Waals surface area contributed by atoms with Gasteiger partial charge in [0.05, 0.1) is 22.9 Å². The minimum atomic E-state index is -0.688. The van der Waals surface area contributed by atoms with Crippen LogP contribution in [0.5, 0.6) is 0 Å². The van der Waals surface area contributed by atoms with E-state index in [0.29, 0.717) is 15.8 Å². The lowest BCUT2D eigenvalue weighted by molar-refractivity contribution is 0.187. The van der Waals surface area contributed by atoms with E-state index in [0.717, 1.165) is 4.68 Å². The fourth-order valence-corrected chi connectivity index (χ4v) is 2.78. The Morgan fingerprint density at radius 3 is 2.73 bits per heavy atom. The first kappa shape index (κ1) is 14.2. The molecule has 112 valence electrons. The molecule has 0 bridgehead atoms. The molecule has 6 nitrogen and oxygen atoms in total. The molecule has 0 saturated heterocycles. The summed E-state index contributed by atoms with van der Waals surface area (Å²) in [5.74, 6) is -0.206. The lowest BCUT2D eigenvalue weighted by Gasteiger charge is -2.09. The Labute approximate surface area is 127 Å². The number of hydrogen-bond acceptors (Lipinski definition) is 5. The monoisotopic (exact) mass is 319 g/mol. The van der Waals surface area contributed by atoms with Crippen molar-refractivity contribution in [3.05, 3.63) is 51.9 Å². The zero-order chi connectivity index (χ0) is 15.7. The van der Waals surface area contributed by atoms with E-state index in [-0.39, 0.29) is 11.4 Å². The van der Waals surface area contributed by atoms with Crippen LogP contribution in [0.3, 0.4) is 0 Å². The summed E-state index contributed by atoms with van der Waals surface area (Å²) in [6.07, 6.45) is -0.688. The number of ether oxygens (including phenoxy) is 1. The number of benzene rings is 1. The van der Waals surface area contributed by atoms with Gasteiger partial charge in [-0.2, -0.15) is 4.68 Å². The van der Waals surface area contributed by atoms with Gasteiger partial charge in [-0.1, -0.05) is 0 Å². The van der Waals surface area contributed by atoms with Crippen LogP contribution in [0.2, 0.25) is 0 Å². The molecular formula is C14H10FN3O3S. The number of amides is 1. The average molecular weight is 319 g/mol. The normalized spacial score (nSPS) is 10.6. The van der Waals surface area contributed by atoms with Crippen molar-refractivity contribution in [1.82, 2.24) is 9.78 Å². The van der Waals surface area contributed by atoms with Crippen LogP contribution in [0.15, 0.2) is 40.5 Å². The molecular weight excluding hydrogens is 309 g/mol. The standard InChI is InChI=1S/C14H10FN3O3S/c1-21-14(20)16-12-11-10(6-7-22-11)13(19)18(17-12)9-4-2-8(15)3-5-9/h2-7H,1H3,(H,16,17,20). The van der Waals surface area contributed by atoms with E-state index in [2.05, 4.69) is 15.2 Å². The Hall–Kier alpha value is -2.74. The van der Waals surface area contributed by atoms with Crippen LogP contribution in [-0.2, 0) is 4.74 Å². The van der Waals surface area contributed by atoms with Crippen molar-refractivity contribution >= 4 is 33.3 Å². The topological polar surface area (TPSA) is 73.2 Å². The first-order chi connectivity index (χ1) is 10.6. The fourth-order valence-electron chi connectivity index (χ4n) is 1.95. The van der Waals surface area contributed by atoms with Crippen molar-refractivity contribution in [1.29, 1.82) is 0 Å². The second kappa shape index (κ2) is 5.57. The maximum Gasteiger partial charge on any atom is 0.412 e. The summed E-state index contributed by atoms with van der Waals surface area (Å²) in [6, 6.07) is 6.98. The second-order valence-electron chi connectivity index (χ2n) is 4.32. The molecule has 2 aromatic heterocycles. The average Bonchev–Trinajstić information content (AvgIpc) is 3.01. The number of anilines is 1. The number of aromatic nitrogens is 2. The number of thiophene rings is 1. The van der Waals surface area contributed by atoms with Gasteiger partial charge in [0, 0.05) is 0 Å². The predicted octanol–water partition coefficient (Wildman–Crippen LogP) is 2.76. The highest BCUT2D eigenvalue weighted by molar-refractivity contribution is 7.17. The first-order valence-corrected chi connectivity index (χ1v) is 7.09. The number of rotatable bonds is 2. The van der Waals surface area contributed by atoms with Crippen molar-refractivity contribution in [3.8, 4) is 5.69 Å². The number of hydrogen-bond donors (Lipinski definition) is 1. The number of fused-ring (bicyclic) bond motifs is 1. The molecule has 3 aromatic rings. The van der Waals surface area contributed by atoms with Gasteiger partial charge in [-0.15, -0.1) is 16.4 Å². The summed E-state index contributed by atoms with van der Waals surface area (Å²) < 4.78 is 19.2. The fraction of sp³-hybridized carbons (Fsp3) is 0.0714. The third kappa shape index (κ3) is 2.44. The lowest BCUT2D eigenvalue weighted by atomic mass is 10.3. The molecule has 0 fully saturated rings. The van der Waals surface area contributed by atoms with Gasteiger partial charge in [-0.3, -0.25) is 10.1 Å². The Balaban J connectivity index is 2.22. The Kier molecular flexibility index (Phi) is 3.60. The quantitative estimate of drug-likeness (QED) is 0.788. The van der Waals surface area contributed by atoms with Crippen LogP contribution in [-0.4, -0.2) is 23.0 Å². The van der Waals surface area contributed by atoms with Crippen LogP contribution >= 0.6 is 11.3 Å². The largest absolute Gasteiger partial charge is 0.453 e. The van der Waals surface area contributed by atoms with Crippen molar-refractivity contribution in [2.75, 3.05) is 12.4 Å². The number of carbonyl (C=O) groups is 1. The third-order valence-electron chi connectivity index (χ3n) is 2.98. The van der Waals surface area contributed by atoms with Crippen LogP contribution < -0.4 is 10.9 Å². The molecule has 0 aliphatic rings. The highest BCUT2D eigenvalue weighted by Crippen LogP contribution is 2.25. The lowest BCUT2D eigenvalue weighted by Crippen LogP contribution is -2.23. The van der Waals surface area contributed by atoms with Gasteiger partial charge in [0.15, 0.2) is 5.82 Å². The summed E-state index contributed by atoms with van der Waals surface area (Å²) in [5, 5.41) is 8.75. The van der Waals surface area contributed by atoms with Gasteiger partial charge in [0.2, 0.25) is 0 Å². The molecule has 8 heteroatoms. The Bertz CT molecular complexity index is 902. The number of methoxy groups -OCH3 is 1. The number of carbonyl (C=O) groups excluding carboxylic acids is 1. The van der Waals surface area contributed by atoms with Crippen LogP contribution in [0, 0.1) is 5.82 Å². The summed E-state index contributed by atoms with van der Waals surface area (Å²) in [6.45, 7) is 0. The van der Waals surface area contributed by atoms with Gasteiger partial charge in [0.1, 0.15) is 5.82 Å². The molecule has 0 aliphatic heterocycles. The summed E-state index contributed by atoms with van der Waals surface area (Å²) in [4.78, 5) is 23.9. The van der Waals surface area contributed by atoms with E-state index in [1.165, 1.54) is 42.7 Å². The van der Waals surface area contributed by atoms with E-state index >= 15 is 0 Å². The van der Waals surface area contributed by atoms with Crippen molar-refractivity contribution in [3.63, 3.8) is 0 Å². The second-order valence-corrected chi connectivity index (χ2v) is 5.24. The zero-order valence-electron chi connectivity index (χ0n) is 11.4. The zero-order valence-corrected chi connectivity index (χ0v) is 12.2. The molecule has 1 aromatic carbocycles. The van der Waals surface area contributed by atoms with E-state index in [1.807, 2.05) is 0 Å². The molecule has 0 saturated carbocycles. The van der Waals surface area contributed by atoms with Crippen LogP contribution in [0.25, 0.3) is 15.8 Å². The van der Waals surface area contributed by atoms with Crippen LogP contribution in [0.4, 0.5) is 15.0 Å². The molecule has 1 amide bonds. The molecule has 3 rings (SSSR count). The molecule has 0 atom stereocenters. The summed E-state index contributed by atoms with van der Waals surface area (Å²) >= 11 is 1.28. The Morgan fingerprint density at radius 1 is 1.32 bits per heavy atom. The number of nitrogens with zero attached hydrogens (tertiary/aromatic N) is 2. The molecule has 2 heterocycles. The molecule has 22 heavy (non-hydrogen) atoms. The van der Waals surface area contributed by atoms with E-state index in [1.54, 1.807) is 11.4 Å². The number of halogens is 1. The van der Waals surface area contributed by atoms with Crippen molar-refractivity contribution < 1.29 is 13.9 Å². The van der Waals surface area contributed by atoms with Gasteiger partial charge >= 0.3 is 6.09 Å². The van der Waals surface area contributed by atoms with Gasteiger partial charge in [-0.05, 0) is 35.7 Å². The highest BCUT2D eigenvalue weighted by Gasteiger charge is 2.15. The van der Waals surface area contributed by atoms with Crippen molar-refractivity contribution in [2.45, 2.75) is 0 Å². The molecule has 0 radical (unpaired) electrons.